The Bertz CT molecular complexity index is 230. The van der Waals surface area contributed by atoms with Gasteiger partial charge in [0.25, 0.3) is 0 Å². The number of hydrogen-bond acceptors (Lipinski definition) is 1. The maximum Gasteiger partial charge on any atom is 0.0106 e. The van der Waals surface area contributed by atoms with Crippen LogP contribution in [0.4, 0.5) is 0 Å². The first kappa shape index (κ1) is 12.4. The largest absolute Gasteiger partial charge is 0.311 e. The molecular formula is C15H29N. The molecule has 0 aliphatic carbocycles. The second-order valence-electron chi connectivity index (χ2n) is 8.09. The van der Waals surface area contributed by atoms with Gasteiger partial charge in [-0.25, -0.2) is 0 Å². The standard InChI is InChI=1S/C15H29N/c1-14(2,3)12-10-8-7-9-11(16-10)13(12)15(4,5)6/h10-13,16H,7-9H2,1-6H3. The van der Waals surface area contributed by atoms with Gasteiger partial charge in [0.15, 0.2) is 0 Å². The smallest absolute Gasteiger partial charge is 0.0106 e. The van der Waals surface area contributed by atoms with Gasteiger partial charge in [0.05, 0.1) is 0 Å². The molecule has 16 heavy (non-hydrogen) atoms. The maximum atomic E-state index is 3.90. The molecule has 2 saturated heterocycles. The van der Waals surface area contributed by atoms with Crippen LogP contribution >= 0.6 is 0 Å². The van der Waals surface area contributed by atoms with Crippen molar-refractivity contribution in [2.24, 2.45) is 22.7 Å². The van der Waals surface area contributed by atoms with Crippen molar-refractivity contribution in [2.45, 2.75) is 72.9 Å². The zero-order valence-corrected chi connectivity index (χ0v) is 11.9. The fourth-order valence-electron chi connectivity index (χ4n) is 4.35. The molecule has 1 N–H and O–H groups in total. The summed E-state index contributed by atoms with van der Waals surface area (Å²) in [5, 5.41) is 3.90. The Morgan fingerprint density at radius 1 is 0.750 bits per heavy atom. The first-order valence-corrected chi connectivity index (χ1v) is 6.97. The molecule has 0 saturated carbocycles. The van der Waals surface area contributed by atoms with Gasteiger partial charge in [-0.05, 0) is 35.5 Å². The molecule has 0 aromatic heterocycles. The Labute approximate surface area is 101 Å². The predicted molar refractivity (Wildman–Crippen MR) is 70.5 cm³/mol. The van der Waals surface area contributed by atoms with E-state index in [1.165, 1.54) is 19.3 Å². The number of rotatable bonds is 0. The highest BCUT2D eigenvalue weighted by Crippen LogP contribution is 2.52. The van der Waals surface area contributed by atoms with Gasteiger partial charge in [0, 0.05) is 12.1 Å². The Morgan fingerprint density at radius 3 is 1.44 bits per heavy atom. The van der Waals surface area contributed by atoms with Crippen LogP contribution in [0, 0.1) is 22.7 Å². The second kappa shape index (κ2) is 3.73. The minimum atomic E-state index is 0.439. The van der Waals surface area contributed by atoms with Gasteiger partial charge in [-0.15, -0.1) is 0 Å². The molecule has 1 heteroatoms. The molecule has 4 atom stereocenters. The van der Waals surface area contributed by atoms with Crippen molar-refractivity contribution in [2.75, 3.05) is 0 Å². The molecule has 94 valence electrons. The number of nitrogens with one attached hydrogen (secondary N) is 1. The fraction of sp³-hybridized carbons (Fsp3) is 1.00. The summed E-state index contributed by atoms with van der Waals surface area (Å²) in [6.45, 7) is 14.6. The van der Waals surface area contributed by atoms with E-state index in [1.54, 1.807) is 0 Å². The van der Waals surface area contributed by atoms with E-state index in [2.05, 4.69) is 46.9 Å². The van der Waals surface area contributed by atoms with Crippen molar-refractivity contribution < 1.29 is 0 Å². The number of piperidine rings is 1. The van der Waals surface area contributed by atoms with Crippen LogP contribution in [0.1, 0.15) is 60.8 Å². The van der Waals surface area contributed by atoms with Gasteiger partial charge < -0.3 is 5.32 Å². The Kier molecular flexibility index (Phi) is 2.89. The van der Waals surface area contributed by atoms with E-state index in [0.717, 1.165) is 23.9 Å². The normalized spacial score (nSPS) is 40.1. The third kappa shape index (κ3) is 2.03. The van der Waals surface area contributed by atoms with Crippen LogP contribution in [0.5, 0.6) is 0 Å². The molecule has 2 heterocycles. The van der Waals surface area contributed by atoms with Gasteiger partial charge in [-0.3, -0.25) is 0 Å². The van der Waals surface area contributed by atoms with Crippen LogP contribution < -0.4 is 5.32 Å². The van der Waals surface area contributed by atoms with Gasteiger partial charge in [0.1, 0.15) is 0 Å². The molecule has 2 fully saturated rings. The zero-order valence-electron chi connectivity index (χ0n) is 11.9. The number of fused-ring (bicyclic) bond motifs is 2. The van der Waals surface area contributed by atoms with Crippen LogP contribution in [-0.2, 0) is 0 Å². The quantitative estimate of drug-likeness (QED) is 0.658. The summed E-state index contributed by atoms with van der Waals surface area (Å²) in [6, 6.07) is 1.56. The highest BCUT2D eigenvalue weighted by Gasteiger charge is 2.53. The van der Waals surface area contributed by atoms with Crippen LogP contribution in [0.15, 0.2) is 0 Å². The summed E-state index contributed by atoms with van der Waals surface area (Å²) in [5.41, 5.74) is 0.878. The molecule has 0 aromatic carbocycles. The van der Waals surface area contributed by atoms with Crippen LogP contribution in [0.25, 0.3) is 0 Å². The summed E-state index contributed by atoms with van der Waals surface area (Å²) in [6.07, 6.45) is 4.22. The summed E-state index contributed by atoms with van der Waals surface area (Å²) >= 11 is 0. The summed E-state index contributed by atoms with van der Waals surface area (Å²) in [4.78, 5) is 0. The first-order chi connectivity index (χ1) is 7.21. The Hall–Kier alpha value is -0.0400. The summed E-state index contributed by atoms with van der Waals surface area (Å²) < 4.78 is 0. The van der Waals surface area contributed by atoms with Crippen molar-refractivity contribution in [1.29, 1.82) is 0 Å². The fourth-order valence-corrected chi connectivity index (χ4v) is 4.35. The monoisotopic (exact) mass is 223 g/mol. The van der Waals surface area contributed by atoms with E-state index >= 15 is 0 Å². The lowest BCUT2D eigenvalue weighted by Crippen LogP contribution is -2.39. The second-order valence-corrected chi connectivity index (χ2v) is 8.09. The Morgan fingerprint density at radius 2 is 1.12 bits per heavy atom. The lowest BCUT2D eigenvalue weighted by molar-refractivity contribution is 0.0852. The van der Waals surface area contributed by atoms with E-state index in [9.17, 15) is 0 Å². The minimum Gasteiger partial charge on any atom is -0.311 e. The van der Waals surface area contributed by atoms with E-state index in [0.29, 0.717) is 10.8 Å². The third-order valence-electron chi connectivity index (χ3n) is 4.71. The third-order valence-corrected chi connectivity index (χ3v) is 4.71. The van der Waals surface area contributed by atoms with Crippen molar-refractivity contribution in [3.63, 3.8) is 0 Å². The van der Waals surface area contributed by atoms with E-state index < -0.39 is 0 Å². The SMILES string of the molecule is CC(C)(C)C1C2CCCC(N2)C1C(C)(C)C. The highest BCUT2D eigenvalue weighted by molar-refractivity contribution is 5.07. The highest BCUT2D eigenvalue weighted by atomic mass is 15.0. The van der Waals surface area contributed by atoms with Crippen LogP contribution in [0.3, 0.4) is 0 Å². The molecule has 0 amide bonds. The van der Waals surface area contributed by atoms with Crippen LogP contribution in [0.2, 0.25) is 0 Å². The lowest BCUT2D eigenvalue weighted by Gasteiger charge is -2.41. The first-order valence-electron chi connectivity index (χ1n) is 6.97. The average Bonchev–Trinajstić information content (AvgIpc) is 2.35. The molecule has 2 bridgehead atoms. The van der Waals surface area contributed by atoms with Gasteiger partial charge >= 0.3 is 0 Å². The van der Waals surface area contributed by atoms with E-state index in [1.807, 2.05) is 0 Å². The van der Waals surface area contributed by atoms with Crippen molar-refractivity contribution in [1.82, 2.24) is 5.32 Å². The van der Waals surface area contributed by atoms with Gasteiger partial charge in [-0.1, -0.05) is 48.0 Å². The lowest BCUT2D eigenvalue weighted by atomic mass is 9.62. The van der Waals surface area contributed by atoms with Crippen molar-refractivity contribution in [3.8, 4) is 0 Å². The summed E-state index contributed by atoms with van der Waals surface area (Å²) in [5.74, 6) is 1.69. The summed E-state index contributed by atoms with van der Waals surface area (Å²) in [7, 11) is 0. The predicted octanol–water partition coefficient (Wildman–Crippen LogP) is 3.84. The minimum absolute atomic E-state index is 0.439. The molecule has 0 spiro atoms. The molecule has 2 rings (SSSR count). The van der Waals surface area contributed by atoms with E-state index in [-0.39, 0.29) is 0 Å². The Balaban J connectivity index is 2.32. The van der Waals surface area contributed by atoms with Gasteiger partial charge in [0.2, 0.25) is 0 Å². The molecule has 0 radical (unpaired) electrons. The average molecular weight is 223 g/mol. The van der Waals surface area contributed by atoms with Crippen LogP contribution in [-0.4, -0.2) is 12.1 Å². The molecule has 1 nitrogen and oxygen atoms in total. The van der Waals surface area contributed by atoms with Crippen molar-refractivity contribution in [3.05, 3.63) is 0 Å². The molecule has 2 aliphatic heterocycles. The van der Waals surface area contributed by atoms with E-state index in [4.69, 9.17) is 0 Å². The topological polar surface area (TPSA) is 12.0 Å². The molecule has 2 aliphatic rings. The van der Waals surface area contributed by atoms with Crippen molar-refractivity contribution >= 4 is 0 Å². The zero-order chi connectivity index (χ0) is 12.1. The maximum absolute atomic E-state index is 3.90. The number of hydrogen-bond donors (Lipinski definition) is 1. The molecule has 0 aromatic rings. The molecular weight excluding hydrogens is 194 g/mol. The van der Waals surface area contributed by atoms with Gasteiger partial charge in [-0.2, -0.15) is 0 Å². The molecule has 4 unspecified atom stereocenters.